The maximum absolute atomic E-state index is 13.5. The van der Waals surface area contributed by atoms with Gasteiger partial charge in [0.2, 0.25) is 0 Å². The molecule has 1 N–H and O–H groups in total. The largest absolute Gasteiger partial charge is 0.497 e. The molecule has 0 aliphatic carbocycles. The van der Waals surface area contributed by atoms with Gasteiger partial charge < -0.3 is 19.4 Å². The van der Waals surface area contributed by atoms with Gasteiger partial charge in [-0.05, 0) is 69.9 Å². The number of hydrogen-bond acceptors (Lipinski definition) is 5. The highest BCUT2D eigenvalue weighted by molar-refractivity contribution is 6.07. The van der Waals surface area contributed by atoms with Crippen LogP contribution in [0.15, 0.2) is 24.3 Å². The summed E-state index contributed by atoms with van der Waals surface area (Å²) in [6.07, 6.45) is 0.763. The quantitative estimate of drug-likeness (QED) is 0.430. The van der Waals surface area contributed by atoms with E-state index in [9.17, 15) is 14.4 Å². The zero-order valence-electron chi connectivity index (χ0n) is 20.1. The summed E-state index contributed by atoms with van der Waals surface area (Å²) in [5, 5.41) is 0. The third-order valence-electron chi connectivity index (χ3n) is 5.56. The van der Waals surface area contributed by atoms with E-state index in [0.717, 1.165) is 6.42 Å². The molecule has 1 atom stereocenters. The minimum absolute atomic E-state index is 0.211. The Morgan fingerprint density at radius 1 is 1.06 bits per heavy atom. The second-order valence-electron chi connectivity index (χ2n) is 8.30. The van der Waals surface area contributed by atoms with Gasteiger partial charge in [0.1, 0.15) is 11.4 Å². The molecule has 0 aliphatic heterocycles. The highest BCUT2D eigenvalue weighted by atomic mass is 16.5. The first-order valence-corrected chi connectivity index (χ1v) is 11.0. The number of carbonyl (C=O) groups is 3. The lowest BCUT2D eigenvalue weighted by Crippen LogP contribution is -2.44. The number of carbonyl (C=O) groups excluding carboxylic acids is 3. The molecule has 2 aromatic rings. The van der Waals surface area contributed by atoms with Gasteiger partial charge in [0.05, 0.1) is 19.8 Å². The molecule has 7 nitrogen and oxygen atoms in total. The predicted octanol–water partition coefficient (Wildman–Crippen LogP) is 4.58. The number of Topliss-reactive ketones (excluding diaryl/α,β-unsaturated/α-hetero) is 1. The number of esters is 1. The van der Waals surface area contributed by atoms with E-state index in [1.807, 2.05) is 0 Å². The highest BCUT2D eigenvalue weighted by Gasteiger charge is 2.31. The molecule has 0 saturated heterocycles. The fraction of sp³-hybridized carbons (Fsp3) is 0.480. The standard InChI is InChI=1S/C25H34N2O5/c1-8-32-25(30)22-16(4)21(17(5)26-22)23(28)18(6)27(14-13-15(2)3)24(29)19-9-11-20(31-7)12-10-19/h9-12,15,18,26H,8,13-14H2,1-7H3/t18-/m1/s1. The van der Waals surface area contributed by atoms with E-state index < -0.39 is 12.0 Å². The topological polar surface area (TPSA) is 88.7 Å². The molecule has 32 heavy (non-hydrogen) atoms. The molecule has 0 bridgehead atoms. The van der Waals surface area contributed by atoms with Crippen molar-refractivity contribution in [3.63, 3.8) is 0 Å². The van der Waals surface area contributed by atoms with E-state index in [-0.39, 0.29) is 24.0 Å². The summed E-state index contributed by atoms with van der Waals surface area (Å²) in [5.41, 5.74) is 2.32. The van der Waals surface area contributed by atoms with Crippen LogP contribution in [0.1, 0.15) is 76.6 Å². The lowest BCUT2D eigenvalue weighted by molar-refractivity contribution is 0.0518. The van der Waals surface area contributed by atoms with Crippen LogP contribution in [-0.2, 0) is 4.74 Å². The molecule has 174 valence electrons. The number of methoxy groups -OCH3 is 1. The van der Waals surface area contributed by atoms with Crippen LogP contribution in [0.3, 0.4) is 0 Å². The average molecular weight is 443 g/mol. The van der Waals surface area contributed by atoms with Gasteiger partial charge in [-0.25, -0.2) is 4.79 Å². The number of hydrogen-bond donors (Lipinski definition) is 1. The number of aryl methyl sites for hydroxylation is 1. The molecular weight excluding hydrogens is 408 g/mol. The second-order valence-corrected chi connectivity index (χ2v) is 8.30. The van der Waals surface area contributed by atoms with Gasteiger partial charge in [0.15, 0.2) is 5.78 Å². The van der Waals surface area contributed by atoms with Crippen molar-refractivity contribution in [3.8, 4) is 5.75 Å². The zero-order valence-corrected chi connectivity index (χ0v) is 20.1. The van der Waals surface area contributed by atoms with E-state index in [0.29, 0.717) is 40.6 Å². The van der Waals surface area contributed by atoms with Crippen molar-refractivity contribution < 1.29 is 23.9 Å². The Morgan fingerprint density at radius 3 is 2.22 bits per heavy atom. The maximum atomic E-state index is 13.5. The third-order valence-corrected chi connectivity index (χ3v) is 5.56. The van der Waals surface area contributed by atoms with E-state index in [4.69, 9.17) is 9.47 Å². The number of H-pyrrole nitrogens is 1. The van der Waals surface area contributed by atoms with Crippen LogP contribution in [0.5, 0.6) is 5.75 Å². The molecule has 0 aliphatic rings. The fourth-order valence-corrected chi connectivity index (χ4v) is 3.65. The number of ether oxygens (including phenoxy) is 2. The van der Waals surface area contributed by atoms with E-state index in [1.165, 1.54) is 0 Å². The number of aromatic amines is 1. The SMILES string of the molecule is CCOC(=O)c1[nH]c(C)c(C(=O)[C@@H](C)N(CCC(C)C)C(=O)c2ccc(OC)cc2)c1C. The molecule has 0 unspecified atom stereocenters. The van der Waals surface area contributed by atoms with Gasteiger partial charge in [0.25, 0.3) is 5.91 Å². The first-order chi connectivity index (χ1) is 15.1. The summed E-state index contributed by atoms with van der Waals surface area (Å²) < 4.78 is 10.3. The molecule has 7 heteroatoms. The molecule has 2 rings (SSSR count). The number of ketones is 1. The molecule has 0 radical (unpaired) electrons. The lowest BCUT2D eigenvalue weighted by Gasteiger charge is -2.29. The summed E-state index contributed by atoms with van der Waals surface area (Å²) in [4.78, 5) is 43.7. The Labute approximate surface area is 190 Å². The van der Waals surface area contributed by atoms with E-state index in [2.05, 4.69) is 18.8 Å². The molecular formula is C25H34N2O5. The molecule has 1 aromatic carbocycles. The Bertz CT molecular complexity index is 959. The van der Waals surface area contributed by atoms with E-state index in [1.54, 1.807) is 64.0 Å². The number of nitrogens with one attached hydrogen (secondary N) is 1. The summed E-state index contributed by atoms with van der Waals surface area (Å²) in [7, 11) is 1.57. The van der Waals surface area contributed by atoms with Crippen molar-refractivity contribution >= 4 is 17.7 Å². The van der Waals surface area contributed by atoms with Crippen molar-refractivity contribution in [1.29, 1.82) is 0 Å². The summed E-state index contributed by atoms with van der Waals surface area (Å²) in [6, 6.07) is 6.16. The monoisotopic (exact) mass is 442 g/mol. The molecule has 1 amide bonds. The maximum Gasteiger partial charge on any atom is 0.355 e. The van der Waals surface area contributed by atoms with Crippen molar-refractivity contribution in [2.45, 2.75) is 54.0 Å². The van der Waals surface area contributed by atoms with Crippen LogP contribution >= 0.6 is 0 Å². The molecule has 0 saturated carbocycles. The van der Waals surface area contributed by atoms with Gasteiger partial charge in [-0.2, -0.15) is 0 Å². The third kappa shape index (κ3) is 5.58. The van der Waals surface area contributed by atoms with Gasteiger partial charge in [-0.1, -0.05) is 13.8 Å². The Hall–Kier alpha value is -3.09. The second kappa shape index (κ2) is 11.0. The Morgan fingerprint density at radius 2 is 1.69 bits per heavy atom. The number of benzene rings is 1. The minimum Gasteiger partial charge on any atom is -0.497 e. The number of nitrogens with zero attached hydrogens (tertiary/aromatic N) is 1. The van der Waals surface area contributed by atoms with Crippen LogP contribution in [-0.4, -0.2) is 53.8 Å². The molecule has 1 aromatic heterocycles. The summed E-state index contributed by atoms with van der Waals surface area (Å²) in [5.74, 6) is 0.105. The highest BCUT2D eigenvalue weighted by Crippen LogP contribution is 2.24. The van der Waals surface area contributed by atoms with Crippen LogP contribution in [0.2, 0.25) is 0 Å². The average Bonchev–Trinajstić information content (AvgIpc) is 3.07. The number of amides is 1. The van der Waals surface area contributed by atoms with Crippen LogP contribution < -0.4 is 4.74 Å². The van der Waals surface area contributed by atoms with Crippen molar-refractivity contribution in [2.75, 3.05) is 20.3 Å². The van der Waals surface area contributed by atoms with Crippen LogP contribution in [0.25, 0.3) is 0 Å². The van der Waals surface area contributed by atoms with Crippen LogP contribution in [0.4, 0.5) is 0 Å². The fourth-order valence-electron chi connectivity index (χ4n) is 3.65. The number of rotatable bonds is 10. The minimum atomic E-state index is -0.702. The molecule has 0 fully saturated rings. The number of aromatic nitrogens is 1. The first-order valence-electron chi connectivity index (χ1n) is 11.0. The predicted molar refractivity (Wildman–Crippen MR) is 124 cm³/mol. The van der Waals surface area contributed by atoms with Crippen LogP contribution in [0, 0.1) is 19.8 Å². The summed E-state index contributed by atoms with van der Waals surface area (Å²) in [6.45, 7) is 11.8. The Kier molecular flexibility index (Phi) is 8.63. The van der Waals surface area contributed by atoms with Gasteiger partial charge in [-0.3, -0.25) is 9.59 Å². The van der Waals surface area contributed by atoms with Crippen molar-refractivity contribution in [3.05, 3.63) is 52.3 Å². The lowest BCUT2D eigenvalue weighted by atomic mass is 9.98. The van der Waals surface area contributed by atoms with Gasteiger partial charge >= 0.3 is 5.97 Å². The normalized spacial score (nSPS) is 11.9. The molecule has 1 heterocycles. The van der Waals surface area contributed by atoms with Crippen molar-refractivity contribution in [1.82, 2.24) is 9.88 Å². The molecule has 0 spiro atoms. The summed E-state index contributed by atoms with van der Waals surface area (Å²) >= 11 is 0. The van der Waals surface area contributed by atoms with E-state index >= 15 is 0 Å². The smallest absolute Gasteiger partial charge is 0.355 e. The van der Waals surface area contributed by atoms with Gasteiger partial charge in [0, 0.05) is 23.4 Å². The Balaban J connectivity index is 2.38. The first kappa shape index (κ1) is 25.2. The van der Waals surface area contributed by atoms with Crippen molar-refractivity contribution in [2.24, 2.45) is 5.92 Å². The van der Waals surface area contributed by atoms with Gasteiger partial charge in [-0.15, -0.1) is 0 Å². The zero-order chi connectivity index (χ0) is 24.0.